The first kappa shape index (κ1) is 21.0. The van der Waals surface area contributed by atoms with Gasteiger partial charge < -0.3 is 10.2 Å². The molecule has 2 aromatic carbocycles. The van der Waals surface area contributed by atoms with Crippen LogP contribution in [0.1, 0.15) is 18.4 Å². The highest BCUT2D eigenvalue weighted by molar-refractivity contribution is 9.10. The van der Waals surface area contributed by atoms with Crippen LogP contribution in [0.3, 0.4) is 0 Å². The zero-order chi connectivity index (χ0) is 21.3. The van der Waals surface area contributed by atoms with Gasteiger partial charge in [0.15, 0.2) is 0 Å². The number of hydrogen-bond donors (Lipinski definition) is 1. The second kappa shape index (κ2) is 8.49. The summed E-state index contributed by atoms with van der Waals surface area (Å²) < 4.78 is 27.9. The fourth-order valence-corrected chi connectivity index (χ4v) is 5.74. The zero-order valence-corrected chi connectivity index (χ0v) is 18.7. The maximum atomic E-state index is 13.1. The number of nitrogens with one attached hydrogen (secondary N) is 1. The van der Waals surface area contributed by atoms with E-state index in [1.165, 1.54) is 9.21 Å². The summed E-state index contributed by atoms with van der Waals surface area (Å²) in [5.41, 5.74) is 2.04. The minimum Gasteiger partial charge on any atom is -0.323 e. The lowest BCUT2D eigenvalue weighted by Gasteiger charge is -2.35. The normalized spacial score (nSPS) is 18.0. The molecule has 2 aromatic rings. The van der Waals surface area contributed by atoms with Crippen molar-refractivity contribution in [1.29, 1.82) is 0 Å². The van der Waals surface area contributed by atoms with E-state index in [2.05, 4.69) is 21.2 Å². The number of carbonyl (C=O) groups excluding carboxylic acids is 2. The summed E-state index contributed by atoms with van der Waals surface area (Å²) in [6, 6.07) is 14.4. The summed E-state index contributed by atoms with van der Waals surface area (Å²) in [6.45, 7) is 0.589. The standard InChI is InChI=1S/C21H22BrN3O4S/c22-17-7-5-15(6-8-17)14-30(28,29)24-11-9-16(10-12-24)21(27)25-13-20(26)23-18-3-1-2-4-19(18)25/h1-8,16H,9-14H2,(H,23,26). The topological polar surface area (TPSA) is 86.8 Å². The number of nitrogens with zero attached hydrogens (tertiary/aromatic N) is 2. The van der Waals surface area contributed by atoms with Gasteiger partial charge in [-0.3, -0.25) is 9.59 Å². The Bertz CT molecular complexity index is 1060. The Morgan fingerprint density at radius 3 is 2.43 bits per heavy atom. The molecule has 9 heteroatoms. The van der Waals surface area contributed by atoms with Crippen LogP contribution in [0.4, 0.5) is 11.4 Å². The number of benzene rings is 2. The number of fused-ring (bicyclic) bond motifs is 1. The van der Waals surface area contributed by atoms with E-state index in [-0.39, 0.29) is 30.0 Å². The molecule has 4 rings (SSSR count). The predicted octanol–water partition coefficient (Wildman–Crippen LogP) is 2.98. The fourth-order valence-electron chi connectivity index (χ4n) is 3.91. The van der Waals surface area contributed by atoms with Crippen molar-refractivity contribution in [1.82, 2.24) is 4.31 Å². The van der Waals surface area contributed by atoms with Gasteiger partial charge in [-0.15, -0.1) is 0 Å². The van der Waals surface area contributed by atoms with Gasteiger partial charge in [0.25, 0.3) is 0 Å². The van der Waals surface area contributed by atoms with Crippen molar-refractivity contribution in [3.05, 3.63) is 58.6 Å². The summed E-state index contributed by atoms with van der Waals surface area (Å²) in [6.07, 6.45) is 0.886. The van der Waals surface area contributed by atoms with Gasteiger partial charge >= 0.3 is 0 Å². The number of rotatable bonds is 4. The molecule has 2 aliphatic rings. The van der Waals surface area contributed by atoms with Crippen LogP contribution < -0.4 is 10.2 Å². The van der Waals surface area contributed by atoms with Crippen LogP contribution in [0, 0.1) is 5.92 Å². The summed E-state index contributed by atoms with van der Waals surface area (Å²) in [4.78, 5) is 26.6. The van der Waals surface area contributed by atoms with Crippen molar-refractivity contribution in [2.75, 3.05) is 29.9 Å². The van der Waals surface area contributed by atoms with E-state index < -0.39 is 10.0 Å². The Morgan fingerprint density at radius 1 is 1.07 bits per heavy atom. The van der Waals surface area contributed by atoms with E-state index in [1.807, 2.05) is 30.3 Å². The second-order valence-electron chi connectivity index (χ2n) is 7.55. The van der Waals surface area contributed by atoms with E-state index in [4.69, 9.17) is 0 Å². The van der Waals surface area contributed by atoms with Gasteiger partial charge in [0.05, 0.1) is 17.1 Å². The number of piperidine rings is 1. The number of amides is 2. The predicted molar refractivity (Wildman–Crippen MR) is 118 cm³/mol. The zero-order valence-electron chi connectivity index (χ0n) is 16.3. The van der Waals surface area contributed by atoms with Crippen molar-refractivity contribution in [3.8, 4) is 0 Å². The number of hydrogen-bond acceptors (Lipinski definition) is 4. The van der Waals surface area contributed by atoms with E-state index in [0.29, 0.717) is 37.3 Å². The molecule has 1 fully saturated rings. The first-order valence-corrected chi connectivity index (χ1v) is 12.2. The van der Waals surface area contributed by atoms with E-state index in [0.717, 1.165) is 10.0 Å². The molecule has 0 aromatic heterocycles. The van der Waals surface area contributed by atoms with Crippen molar-refractivity contribution in [3.63, 3.8) is 0 Å². The van der Waals surface area contributed by atoms with Crippen LogP contribution in [0.5, 0.6) is 0 Å². The highest BCUT2D eigenvalue weighted by Gasteiger charge is 2.35. The van der Waals surface area contributed by atoms with Gasteiger partial charge in [0, 0.05) is 23.5 Å². The maximum Gasteiger partial charge on any atom is 0.244 e. The number of carbonyl (C=O) groups is 2. The van der Waals surface area contributed by atoms with Crippen LogP contribution in [-0.4, -0.2) is 44.2 Å². The molecule has 158 valence electrons. The SMILES string of the molecule is O=C1CN(C(=O)C2CCN(S(=O)(=O)Cc3ccc(Br)cc3)CC2)c2ccccc2N1. The fraction of sp³-hybridized carbons (Fsp3) is 0.333. The van der Waals surface area contributed by atoms with Gasteiger partial charge in [-0.1, -0.05) is 40.2 Å². The smallest absolute Gasteiger partial charge is 0.244 e. The summed E-state index contributed by atoms with van der Waals surface area (Å²) in [5.74, 6) is -0.708. The monoisotopic (exact) mass is 491 g/mol. The van der Waals surface area contributed by atoms with Crippen molar-refractivity contribution < 1.29 is 18.0 Å². The molecule has 0 unspecified atom stereocenters. The number of halogens is 1. The summed E-state index contributed by atoms with van der Waals surface area (Å²) in [7, 11) is -3.45. The van der Waals surface area contributed by atoms with Crippen LogP contribution in [-0.2, 0) is 25.4 Å². The molecule has 7 nitrogen and oxygen atoms in total. The van der Waals surface area contributed by atoms with E-state index in [1.54, 1.807) is 18.2 Å². The van der Waals surface area contributed by atoms with Gasteiger partial charge in [0.2, 0.25) is 21.8 Å². The average Bonchev–Trinajstić information content (AvgIpc) is 2.74. The Balaban J connectivity index is 1.41. The van der Waals surface area contributed by atoms with Gasteiger partial charge in [0.1, 0.15) is 6.54 Å². The minimum atomic E-state index is -3.45. The van der Waals surface area contributed by atoms with E-state index in [9.17, 15) is 18.0 Å². The van der Waals surface area contributed by atoms with Crippen LogP contribution in [0.25, 0.3) is 0 Å². The van der Waals surface area contributed by atoms with Crippen LogP contribution in [0.2, 0.25) is 0 Å². The van der Waals surface area contributed by atoms with Crippen molar-refractivity contribution >= 4 is 49.1 Å². The molecule has 1 N–H and O–H groups in total. The summed E-state index contributed by atoms with van der Waals surface area (Å²) in [5, 5.41) is 2.78. The lowest BCUT2D eigenvalue weighted by atomic mass is 9.95. The molecule has 0 aliphatic carbocycles. The third kappa shape index (κ3) is 4.43. The minimum absolute atomic E-state index is 0.0159. The molecule has 2 aliphatic heterocycles. The van der Waals surface area contributed by atoms with Gasteiger partial charge in [-0.05, 0) is 42.7 Å². The number of para-hydroxylation sites is 2. The van der Waals surface area contributed by atoms with Crippen molar-refractivity contribution in [2.45, 2.75) is 18.6 Å². The Hall–Kier alpha value is -2.23. The molecule has 1 saturated heterocycles. The molecule has 0 bridgehead atoms. The highest BCUT2D eigenvalue weighted by Crippen LogP contribution is 2.32. The molecular formula is C21H22BrN3O4S. The molecule has 0 radical (unpaired) electrons. The molecule has 0 spiro atoms. The first-order chi connectivity index (χ1) is 14.3. The third-order valence-electron chi connectivity index (χ3n) is 5.50. The lowest BCUT2D eigenvalue weighted by molar-refractivity contribution is -0.125. The van der Waals surface area contributed by atoms with Crippen molar-refractivity contribution in [2.24, 2.45) is 5.92 Å². The first-order valence-electron chi connectivity index (χ1n) is 9.76. The molecule has 0 saturated carbocycles. The van der Waals surface area contributed by atoms with Crippen LogP contribution >= 0.6 is 15.9 Å². The quantitative estimate of drug-likeness (QED) is 0.711. The lowest BCUT2D eigenvalue weighted by Crippen LogP contribution is -2.48. The summed E-state index contributed by atoms with van der Waals surface area (Å²) >= 11 is 3.35. The molecule has 0 atom stereocenters. The van der Waals surface area contributed by atoms with E-state index >= 15 is 0 Å². The Morgan fingerprint density at radius 2 is 1.73 bits per heavy atom. The second-order valence-corrected chi connectivity index (χ2v) is 10.4. The highest BCUT2D eigenvalue weighted by atomic mass is 79.9. The molecule has 2 amide bonds. The Kier molecular flexibility index (Phi) is 5.95. The largest absolute Gasteiger partial charge is 0.323 e. The molecular weight excluding hydrogens is 470 g/mol. The average molecular weight is 492 g/mol. The van der Waals surface area contributed by atoms with Crippen LogP contribution in [0.15, 0.2) is 53.0 Å². The molecule has 30 heavy (non-hydrogen) atoms. The number of anilines is 2. The number of sulfonamides is 1. The van der Waals surface area contributed by atoms with Gasteiger partial charge in [-0.25, -0.2) is 12.7 Å². The Labute approximate surface area is 184 Å². The van der Waals surface area contributed by atoms with Gasteiger partial charge in [-0.2, -0.15) is 0 Å². The maximum absolute atomic E-state index is 13.1. The third-order valence-corrected chi connectivity index (χ3v) is 7.87. The molecule has 2 heterocycles.